The fourth-order valence-corrected chi connectivity index (χ4v) is 2.24. The molecule has 0 aliphatic carbocycles. The molecule has 2 aromatic carbocycles. The molecule has 3 aromatic rings. The third kappa shape index (κ3) is 2.97. The van der Waals surface area contributed by atoms with Gasteiger partial charge in [-0.05, 0) is 47.5 Å². The summed E-state index contributed by atoms with van der Waals surface area (Å²) in [5, 5.41) is 9.32. The van der Waals surface area contributed by atoms with E-state index in [1.54, 1.807) is 18.2 Å². The third-order valence-electron chi connectivity index (χ3n) is 3.36. The van der Waals surface area contributed by atoms with E-state index in [0.717, 1.165) is 11.3 Å². The Kier molecular flexibility index (Phi) is 3.84. The van der Waals surface area contributed by atoms with Crippen molar-refractivity contribution < 1.29 is 4.39 Å². The van der Waals surface area contributed by atoms with Crippen LogP contribution in [0.25, 0.3) is 17.3 Å². The molecule has 2 nitrogen and oxygen atoms in total. The van der Waals surface area contributed by atoms with E-state index in [4.69, 9.17) is 0 Å². The van der Waals surface area contributed by atoms with Crippen LogP contribution in [0.5, 0.6) is 0 Å². The van der Waals surface area contributed by atoms with Crippen molar-refractivity contribution in [2.45, 2.75) is 0 Å². The first kappa shape index (κ1) is 13.8. The van der Waals surface area contributed by atoms with Crippen LogP contribution in [0.3, 0.4) is 0 Å². The number of nitrogens with zero attached hydrogens (tertiary/aromatic N) is 2. The van der Waals surface area contributed by atoms with Gasteiger partial charge in [-0.3, -0.25) is 0 Å². The zero-order chi connectivity index (χ0) is 15.4. The smallest absolute Gasteiger partial charge is 0.123 e. The molecule has 0 spiro atoms. The zero-order valence-corrected chi connectivity index (χ0v) is 11.8. The molecule has 1 heterocycles. The highest BCUT2D eigenvalue weighted by Gasteiger charge is 2.03. The zero-order valence-electron chi connectivity index (χ0n) is 11.8. The van der Waals surface area contributed by atoms with E-state index in [-0.39, 0.29) is 5.82 Å². The summed E-state index contributed by atoms with van der Waals surface area (Å²) in [6.07, 6.45) is 5.70. The van der Waals surface area contributed by atoms with E-state index >= 15 is 0 Å². The molecule has 0 radical (unpaired) electrons. The molecule has 0 fully saturated rings. The van der Waals surface area contributed by atoms with Crippen molar-refractivity contribution in [3.05, 3.63) is 90.0 Å². The second-order valence-electron chi connectivity index (χ2n) is 4.86. The Morgan fingerprint density at radius 3 is 2.41 bits per heavy atom. The van der Waals surface area contributed by atoms with Crippen molar-refractivity contribution in [2.75, 3.05) is 0 Å². The second kappa shape index (κ2) is 6.11. The topological polar surface area (TPSA) is 28.7 Å². The van der Waals surface area contributed by atoms with Crippen LogP contribution in [0, 0.1) is 17.1 Å². The number of rotatable bonds is 3. The van der Waals surface area contributed by atoms with Crippen LogP contribution in [0.4, 0.5) is 4.39 Å². The fraction of sp³-hybridized carbons (Fsp3) is 0. The van der Waals surface area contributed by atoms with Gasteiger partial charge in [-0.2, -0.15) is 5.26 Å². The summed E-state index contributed by atoms with van der Waals surface area (Å²) in [5.74, 6) is -0.309. The second-order valence-corrected chi connectivity index (χ2v) is 4.86. The Bertz CT molecular complexity index is 837. The number of aromatic nitrogens is 1. The van der Waals surface area contributed by atoms with Gasteiger partial charge >= 0.3 is 0 Å². The SMILES string of the molecule is N#C/C(=C\c1ccn(-c2ccccc2)c1)c1ccc(F)cc1. The van der Waals surface area contributed by atoms with Gasteiger partial charge in [0.05, 0.1) is 11.6 Å². The van der Waals surface area contributed by atoms with Crippen LogP contribution in [0.1, 0.15) is 11.1 Å². The minimum Gasteiger partial charge on any atom is -0.323 e. The molecule has 106 valence electrons. The van der Waals surface area contributed by atoms with E-state index < -0.39 is 0 Å². The number of para-hydroxylation sites is 1. The lowest BCUT2D eigenvalue weighted by atomic mass is 10.1. The van der Waals surface area contributed by atoms with Gasteiger partial charge in [0.1, 0.15) is 5.82 Å². The number of hydrogen-bond acceptors (Lipinski definition) is 1. The van der Waals surface area contributed by atoms with Crippen LogP contribution in [-0.4, -0.2) is 4.57 Å². The van der Waals surface area contributed by atoms with Crippen LogP contribution < -0.4 is 0 Å². The monoisotopic (exact) mass is 288 g/mol. The molecule has 0 atom stereocenters. The Morgan fingerprint density at radius 2 is 1.73 bits per heavy atom. The minimum atomic E-state index is -0.309. The standard InChI is InChI=1S/C19H13FN2/c20-18-8-6-16(7-9-18)17(13-21)12-15-10-11-22(14-15)19-4-2-1-3-5-19/h1-12,14H/b17-12+. The molecule has 22 heavy (non-hydrogen) atoms. The highest BCUT2D eigenvalue weighted by Crippen LogP contribution is 2.19. The number of benzene rings is 2. The highest BCUT2D eigenvalue weighted by molar-refractivity contribution is 5.89. The first-order chi connectivity index (χ1) is 10.8. The highest BCUT2D eigenvalue weighted by atomic mass is 19.1. The molecular weight excluding hydrogens is 275 g/mol. The van der Waals surface area contributed by atoms with Crippen molar-refractivity contribution >= 4 is 11.6 Å². The molecule has 0 aliphatic rings. The lowest BCUT2D eigenvalue weighted by Gasteiger charge is -2.01. The Morgan fingerprint density at radius 1 is 1.00 bits per heavy atom. The molecule has 0 unspecified atom stereocenters. The van der Waals surface area contributed by atoms with Gasteiger partial charge in [0, 0.05) is 18.1 Å². The summed E-state index contributed by atoms with van der Waals surface area (Å²) >= 11 is 0. The summed E-state index contributed by atoms with van der Waals surface area (Å²) in [6.45, 7) is 0. The molecule has 0 saturated heterocycles. The average molecular weight is 288 g/mol. The van der Waals surface area contributed by atoms with Crippen molar-refractivity contribution in [3.8, 4) is 11.8 Å². The predicted octanol–water partition coefficient (Wildman–Crippen LogP) is 4.68. The maximum atomic E-state index is 13.0. The van der Waals surface area contributed by atoms with Crippen LogP contribution in [-0.2, 0) is 0 Å². The molecule has 0 saturated carbocycles. The summed E-state index contributed by atoms with van der Waals surface area (Å²) in [5.41, 5.74) is 3.19. The predicted molar refractivity (Wildman–Crippen MR) is 85.7 cm³/mol. The normalized spacial score (nSPS) is 11.2. The fourth-order valence-electron chi connectivity index (χ4n) is 2.24. The Labute approximate surface area is 128 Å². The molecule has 1 aromatic heterocycles. The molecule has 0 aliphatic heterocycles. The number of halogens is 1. The quantitative estimate of drug-likeness (QED) is 0.643. The van der Waals surface area contributed by atoms with Gasteiger partial charge in [0.25, 0.3) is 0 Å². The first-order valence-corrected chi connectivity index (χ1v) is 6.87. The van der Waals surface area contributed by atoms with Gasteiger partial charge in [0.15, 0.2) is 0 Å². The number of allylic oxidation sites excluding steroid dienone is 1. The van der Waals surface area contributed by atoms with Crippen molar-refractivity contribution in [1.82, 2.24) is 4.57 Å². The average Bonchev–Trinajstić information content (AvgIpc) is 3.03. The van der Waals surface area contributed by atoms with E-state index in [1.165, 1.54) is 12.1 Å². The van der Waals surface area contributed by atoms with Crippen molar-refractivity contribution in [1.29, 1.82) is 5.26 Å². The summed E-state index contributed by atoms with van der Waals surface area (Å²) in [6, 6.07) is 20.0. The van der Waals surface area contributed by atoms with E-state index in [2.05, 4.69) is 6.07 Å². The number of nitriles is 1. The lowest BCUT2D eigenvalue weighted by Crippen LogP contribution is -1.87. The summed E-state index contributed by atoms with van der Waals surface area (Å²) in [4.78, 5) is 0. The summed E-state index contributed by atoms with van der Waals surface area (Å²) in [7, 11) is 0. The molecular formula is C19H13FN2. The van der Waals surface area contributed by atoms with E-state index in [9.17, 15) is 9.65 Å². The largest absolute Gasteiger partial charge is 0.323 e. The van der Waals surface area contributed by atoms with Gasteiger partial charge in [-0.25, -0.2) is 4.39 Å². The molecule has 0 amide bonds. The van der Waals surface area contributed by atoms with E-state index in [0.29, 0.717) is 11.1 Å². The van der Waals surface area contributed by atoms with E-state index in [1.807, 2.05) is 53.4 Å². The van der Waals surface area contributed by atoms with Crippen LogP contribution in [0.2, 0.25) is 0 Å². The Balaban J connectivity index is 1.92. The minimum absolute atomic E-state index is 0.309. The first-order valence-electron chi connectivity index (χ1n) is 6.87. The van der Waals surface area contributed by atoms with Gasteiger partial charge < -0.3 is 4.57 Å². The van der Waals surface area contributed by atoms with Crippen LogP contribution in [0.15, 0.2) is 73.1 Å². The van der Waals surface area contributed by atoms with Gasteiger partial charge in [-0.1, -0.05) is 30.3 Å². The van der Waals surface area contributed by atoms with Crippen molar-refractivity contribution in [3.63, 3.8) is 0 Å². The molecule has 3 heteroatoms. The van der Waals surface area contributed by atoms with Crippen LogP contribution >= 0.6 is 0 Å². The number of hydrogen-bond donors (Lipinski definition) is 0. The van der Waals surface area contributed by atoms with Crippen molar-refractivity contribution in [2.24, 2.45) is 0 Å². The maximum Gasteiger partial charge on any atom is 0.123 e. The summed E-state index contributed by atoms with van der Waals surface area (Å²) < 4.78 is 15.0. The molecule has 0 N–H and O–H groups in total. The van der Waals surface area contributed by atoms with Gasteiger partial charge in [0.2, 0.25) is 0 Å². The Hall–Kier alpha value is -3.12. The molecule has 0 bridgehead atoms. The third-order valence-corrected chi connectivity index (χ3v) is 3.36. The van der Waals surface area contributed by atoms with Gasteiger partial charge in [-0.15, -0.1) is 0 Å². The molecule has 3 rings (SSSR count). The maximum absolute atomic E-state index is 13.0. The lowest BCUT2D eigenvalue weighted by molar-refractivity contribution is 0.627.